The Hall–Kier alpha value is -1.24. The minimum Gasteiger partial charge on any atom is -0.385 e. The van der Waals surface area contributed by atoms with Crippen LogP contribution in [-0.4, -0.2) is 6.54 Å². The molecule has 0 aliphatic rings. The van der Waals surface area contributed by atoms with E-state index in [1.54, 1.807) is 0 Å². The molecule has 1 heteroatoms. The predicted molar refractivity (Wildman–Crippen MR) is 65.6 cm³/mol. The van der Waals surface area contributed by atoms with E-state index >= 15 is 0 Å². The maximum Gasteiger partial charge on any atom is 0.0340 e. The van der Waals surface area contributed by atoms with Gasteiger partial charge in [0.05, 0.1) is 0 Å². The first-order chi connectivity index (χ1) is 6.58. The summed E-state index contributed by atoms with van der Waals surface area (Å²) in [6.45, 7) is 13.7. The van der Waals surface area contributed by atoms with Crippen LogP contribution in [0.5, 0.6) is 0 Å². The van der Waals surface area contributed by atoms with Gasteiger partial charge >= 0.3 is 0 Å². The normalized spacial score (nSPS) is 9.93. The molecular weight excluding hydrogens is 170 g/mol. The molecule has 0 aliphatic carbocycles. The van der Waals surface area contributed by atoms with Crippen LogP contribution in [0.15, 0.2) is 43.5 Å². The van der Waals surface area contributed by atoms with E-state index in [1.807, 2.05) is 18.2 Å². The minimum atomic E-state index is 0.343. The molecule has 0 saturated heterocycles. The molecular formula is C13H21N. The summed E-state index contributed by atoms with van der Waals surface area (Å²) in [5, 5.41) is 3.38. The van der Waals surface area contributed by atoms with E-state index in [0.29, 0.717) is 5.41 Å². The molecule has 0 heterocycles. The number of rotatable bonds is 2. The molecule has 1 aromatic rings. The summed E-state index contributed by atoms with van der Waals surface area (Å²) in [5.74, 6) is 0. The van der Waals surface area contributed by atoms with E-state index in [9.17, 15) is 0 Å². The Balaban J connectivity index is 0.000000791. The molecule has 1 nitrogen and oxygen atoms in total. The molecule has 0 atom stereocenters. The van der Waals surface area contributed by atoms with Crippen molar-refractivity contribution in [3.05, 3.63) is 43.5 Å². The molecule has 78 valence electrons. The maximum absolute atomic E-state index is 3.38. The molecule has 0 aliphatic heterocycles. The lowest BCUT2D eigenvalue weighted by atomic mass is 9.97. The monoisotopic (exact) mass is 191 g/mol. The van der Waals surface area contributed by atoms with Crippen molar-refractivity contribution in [3.8, 4) is 0 Å². The van der Waals surface area contributed by atoms with E-state index in [1.165, 1.54) is 5.69 Å². The molecule has 0 radical (unpaired) electrons. The molecule has 0 saturated carbocycles. The second-order valence-corrected chi connectivity index (χ2v) is 4.28. The Morgan fingerprint density at radius 2 is 1.57 bits per heavy atom. The van der Waals surface area contributed by atoms with Crippen LogP contribution in [0.1, 0.15) is 20.8 Å². The number of nitrogens with one attached hydrogen (secondary N) is 1. The number of anilines is 1. The van der Waals surface area contributed by atoms with Gasteiger partial charge in [-0.25, -0.2) is 0 Å². The van der Waals surface area contributed by atoms with Crippen LogP contribution in [0, 0.1) is 5.41 Å². The zero-order chi connectivity index (χ0) is 11.0. The van der Waals surface area contributed by atoms with E-state index in [2.05, 4.69) is 51.4 Å². The van der Waals surface area contributed by atoms with Crippen molar-refractivity contribution in [2.45, 2.75) is 20.8 Å². The lowest BCUT2D eigenvalue weighted by Gasteiger charge is -2.19. The van der Waals surface area contributed by atoms with Crippen molar-refractivity contribution in [2.24, 2.45) is 5.41 Å². The van der Waals surface area contributed by atoms with Crippen LogP contribution in [0.4, 0.5) is 5.69 Å². The highest BCUT2D eigenvalue weighted by Crippen LogP contribution is 2.14. The largest absolute Gasteiger partial charge is 0.385 e. The zero-order valence-electron chi connectivity index (χ0n) is 9.51. The van der Waals surface area contributed by atoms with E-state index in [-0.39, 0.29) is 0 Å². The molecule has 14 heavy (non-hydrogen) atoms. The van der Waals surface area contributed by atoms with Crippen LogP contribution >= 0.6 is 0 Å². The molecule has 0 fully saturated rings. The number of benzene rings is 1. The highest BCUT2D eigenvalue weighted by atomic mass is 14.9. The summed E-state index contributed by atoms with van der Waals surface area (Å²) >= 11 is 0. The van der Waals surface area contributed by atoms with Gasteiger partial charge in [-0.05, 0) is 17.5 Å². The fraction of sp³-hybridized carbons (Fsp3) is 0.385. The van der Waals surface area contributed by atoms with Crippen LogP contribution in [0.25, 0.3) is 0 Å². The zero-order valence-corrected chi connectivity index (χ0v) is 9.51. The van der Waals surface area contributed by atoms with Gasteiger partial charge < -0.3 is 5.32 Å². The Morgan fingerprint density at radius 3 is 2.00 bits per heavy atom. The summed E-state index contributed by atoms with van der Waals surface area (Å²) < 4.78 is 0. The molecule has 0 amide bonds. The molecule has 1 aromatic carbocycles. The molecule has 0 aromatic heterocycles. The Morgan fingerprint density at radius 1 is 1.07 bits per heavy atom. The second kappa shape index (κ2) is 6.25. The van der Waals surface area contributed by atoms with Gasteiger partial charge in [-0.2, -0.15) is 0 Å². The number of para-hydroxylation sites is 1. The number of hydrogen-bond acceptors (Lipinski definition) is 1. The summed E-state index contributed by atoms with van der Waals surface area (Å²) in [5.41, 5.74) is 1.54. The van der Waals surface area contributed by atoms with Gasteiger partial charge in [-0.3, -0.25) is 0 Å². The van der Waals surface area contributed by atoms with Gasteiger partial charge in [0.15, 0.2) is 0 Å². The fourth-order valence-electron chi connectivity index (χ4n) is 0.923. The quantitative estimate of drug-likeness (QED) is 0.698. The van der Waals surface area contributed by atoms with E-state index in [4.69, 9.17) is 0 Å². The summed E-state index contributed by atoms with van der Waals surface area (Å²) in [6.07, 6.45) is 0. The van der Waals surface area contributed by atoms with Gasteiger partial charge in [0.1, 0.15) is 0 Å². The van der Waals surface area contributed by atoms with Crippen molar-refractivity contribution in [2.75, 3.05) is 11.9 Å². The van der Waals surface area contributed by atoms with Crippen LogP contribution in [-0.2, 0) is 0 Å². The van der Waals surface area contributed by atoms with Crippen molar-refractivity contribution in [1.82, 2.24) is 0 Å². The first kappa shape index (κ1) is 12.8. The third-order valence-corrected chi connectivity index (χ3v) is 1.60. The van der Waals surface area contributed by atoms with Gasteiger partial charge in [0.2, 0.25) is 0 Å². The van der Waals surface area contributed by atoms with Gasteiger partial charge in [0, 0.05) is 12.2 Å². The lowest BCUT2D eigenvalue weighted by molar-refractivity contribution is 0.443. The first-order valence-corrected chi connectivity index (χ1v) is 4.87. The average molecular weight is 191 g/mol. The standard InChI is InChI=1S/C11H17N.C2H4/c1-11(2,3)9-12-10-7-5-4-6-8-10;1-2/h4-8,12H,9H2,1-3H3;1-2H2. The van der Waals surface area contributed by atoms with Crippen LogP contribution in [0.2, 0.25) is 0 Å². The van der Waals surface area contributed by atoms with Gasteiger partial charge in [0.25, 0.3) is 0 Å². The Labute approximate surface area is 87.9 Å². The second-order valence-electron chi connectivity index (χ2n) is 4.28. The molecule has 0 bridgehead atoms. The average Bonchev–Trinajstić information content (AvgIpc) is 2.19. The Kier molecular flexibility index (Phi) is 5.70. The number of hydrogen-bond donors (Lipinski definition) is 1. The molecule has 0 spiro atoms. The molecule has 1 N–H and O–H groups in total. The molecule has 0 unspecified atom stereocenters. The SMILES string of the molecule is C=C.CC(C)(C)CNc1ccccc1. The highest BCUT2D eigenvalue weighted by Gasteiger charge is 2.08. The third kappa shape index (κ3) is 6.30. The topological polar surface area (TPSA) is 12.0 Å². The van der Waals surface area contributed by atoms with Crippen LogP contribution in [0.3, 0.4) is 0 Å². The smallest absolute Gasteiger partial charge is 0.0340 e. The van der Waals surface area contributed by atoms with Crippen molar-refractivity contribution in [3.63, 3.8) is 0 Å². The van der Waals surface area contributed by atoms with Crippen LogP contribution < -0.4 is 5.32 Å². The minimum absolute atomic E-state index is 0.343. The summed E-state index contributed by atoms with van der Waals surface area (Å²) in [6, 6.07) is 10.3. The highest BCUT2D eigenvalue weighted by molar-refractivity contribution is 5.42. The van der Waals surface area contributed by atoms with Gasteiger partial charge in [-0.15, -0.1) is 13.2 Å². The summed E-state index contributed by atoms with van der Waals surface area (Å²) in [7, 11) is 0. The van der Waals surface area contributed by atoms with Crippen molar-refractivity contribution in [1.29, 1.82) is 0 Å². The first-order valence-electron chi connectivity index (χ1n) is 4.87. The van der Waals surface area contributed by atoms with Gasteiger partial charge in [-0.1, -0.05) is 39.0 Å². The van der Waals surface area contributed by atoms with Crippen molar-refractivity contribution >= 4 is 5.69 Å². The van der Waals surface area contributed by atoms with E-state index in [0.717, 1.165) is 6.54 Å². The van der Waals surface area contributed by atoms with Crippen molar-refractivity contribution < 1.29 is 0 Å². The predicted octanol–water partition coefficient (Wildman–Crippen LogP) is 3.95. The third-order valence-electron chi connectivity index (χ3n) is 1.60. The maximum atomic E-state index is 3.38. The lowest BCUT2D eigenvalue weighted by Crippen LogP contribution is -2.18. The van der Waals surface area contributed by atoms with E-state index < -0.39 is 0 Å². The summed E-state index contributed by atoms with van der Waals surface area (Å²) in [4.78, 5) is 0. The fourth-order valence-corrected chi connectivity index (χ4v) is 0.923. The Bertz CT molecular complexity index is 233. The molecule has 1 rings (SSSR count).